The van der Waals surface area contributed by atoms with E-state index in [1.54, 1.807) is 24.3 Å². The number of carbonyl (C=O) groups excluding carboxylic acids is 3. The lowest BCUT2D eigenvalue weighted by Gasteiger charge is -2.19. The number of methoxy groups -OCH3 is 1. The third kappa shape index (κ3) is 6.92. The topological polar surface area (TPSA) is 120 Å². The highest BCUT2D eigenvalue weighted by molar-refractivity contribution is 7.98. The molecule has 0 heterocycles. The van der Waals surface area contributed by atoms with E-state index in [1.807, 2.05) is 6.26 Å². The highest BCUT2D eigenvalue weighted by Crippen LogP contribution is 2.23. The summed E-state index contributed by atoms with van der Waals surface area (Å²) in [6, 6.07) is 5.15. The smallest absolute Gasteiger partial charge is 0.329 e. The Bertz CT molecular complexity index is 611. The molecule has 0 unspecified atom stereocenters. The number of nitrogens with two attached hydrogens (primary N) is 1. The van der Waals surface area contributed by atoms with Gasteiger partial charge in [-0.25, -0.2) is 9.59 Å². The van der Waals surface area contributed by atoms with Crippen LogP contribution in [0.5, 0.6) is 5.75 Å². The summed E-state index contributed by atoms with van der Waals surface area (Å²) < 4.78 is 10.3. The van der Waals surface area contributed by atoms with Gasteiger partial charge in [0.1, 0.15) is 11.8 Å². The first kappa shape index (κ1) is 20.6. The number of benzene rings is 1. The van der Waals surface area contributed by atoms with Crippen LogP contribution in [0, 0.1) is 0 Å². The SMILES string of the molecule is COc1ccccc1NC(=O)[C@@H](C)OC(=O)[C@@H](CCSC)NC(N)=O. The first-order chi connectivity index (χ1) is 11.9. The number of carbonyl (C=O) groups is 3. The monoisotopic (exact) mass is 369 g/mol. The number of nitrogens with one attached hydrogen (secondary N) is 2. The Hall–Kier alpha value is -2.42. The average molecular weight is 369 g/mol. The van der Waals surface area contributed by atoms with Crippen LogP contribution in [0.1, 0.15) is 13.3 Å². The lowest BCUT2D eigenvalue weighted by Crippen LogP contribution is -2.46. The van der Waals surface area contributed by atoms with Gasteiger partial charge in [-0.1, -0.05) is 12.1 Å². The molecule has 0 spiro atoms. The predicted molar refractivity (Wildman–Crippen MR) is 96.7 cm³/mol. The normalized spacial score (nSPS) is 12.6. The molecule has 25 heavy (non-hydrogen) atoms. The molecule has 0 aromatic heterocycles. The quantitative estimate of drug-likeness (QED) is 0.565. The summed E-state index contributed by atoms with van der Waals surface area (Å²) in [6.45, 7) is 1.44. The molecular weight excluding hydrogens is 346 g/mol. The number of amides is 3. The molecule has 9 heteroatoms. The summed E-state index contributed by atoms with van der Waals surface area (Å²) in [6.07, 6.45) is 1.17. The third-order valence-electron chi connectivity index (χ3n) is 3.24. The van der Waals surface area contributed by atoms with Crippen molar-refractivity contribution in [2.45, 2.75) is 25.5 Å². The molecule has 1 aromatic carbocycles. The molecule has 0 aliphatic heterocycles. The number of urea groups is 1. The fourth-order valence-corrected chi connectivity index (χ4v) is 2.42. The van der Waals surface area contributed by atoms with Gasteiger partial charge in [-0.05, 0) is 37.5 Å². The molecule has 0 aliphatic carbocycles. The Morgan fingerprint density at radius 3 is 2.56 bits per heavy atom. The third-order valence-corrected chi connectivity index (χ3v) is 3.88. The summed E-state index contributed by atoms with van der Waals surface area (Å²) in [7, 11) is 1.49. The Morgan fingerprint density at radius 2 is 1.96 bits per heavy atom. The van der Waals surface area contributed by atoms with Crippen molar-refractivity contribution < 1.29 is 23.9 Å². The molecule has 3 amide bonds. The van der Waals surface area contributed by atoms with Crippen LogP contribution in [0.3, 0.4) is 0 Å². The fourth-order valence-electron chi connectivity index (χ4n) is 1.95. The number of para-hydroxylation sites is 2. The number of ether oxygens (including phenoxy) is 2. The molecule has 4 N–H and O–H groups in total. The Labute approximate surface area is 150 Å². The number of anilines is 1. The second kappa shape index (κ2) is 10.4. The summed E-state index contributed by atoms with van der Waals surface area (Å²) in [5, 5.41) is 4.96. The molecule has 0 fully saturated rings. The Balaban J connectivity index is 2.68. The summed E-state index contributed by atoms with van der Waals surface area (Å²) in [4.78, 5) is 35.4. The number of primary amides is 1. The zero-order chi connectivity index (χ0) is 18.8. The lowest BCUT2D eigenvalue weighted by molar-refractivity contribution is -0.155. The molecule has 138 valence electrons. The van der Waals surface area contributed by atoms with Crippen molar-refractivity contribution in [1.29, 1.82) is 0 Å². The number of hydrogen-bond acceptors (Lipinski definition) is 6. The minimum Gasteiger partial charge on any atom is -0.495 e. The van der Waals surface area contributed by atoms with Crippen LogP contribution in [-0.2, 0) is 14.3 Å². The molecule has 1 rings (SSSR count). The van der Waals surface area contributed by atoms with E-state index in [0.29, 0.717) is 23.6 Å². The van der Waals surface area contributed by atoms with Crippen molar-refractivity contribution >= 4 is 35.4 Å². The van der Waals surface area contributed by atoms with E-state index < -0.39 is 30.1 Å². The Kier molecular flexibility index (Phi) is 8.62. The molecule has 0 saturated heterocycles. The number of rotatable bonds is 9. The number of thioether (sulfide) groups is 1. The lowest BCUT2D eigenvalue weighted by atomic mass is 10.2. The first-order valence-corrected chi connectivity index (χ1v) is 8.97. The molecular formula is C16H23N3O5S. The van der Waals surface area contributed by atoms with Gasteiger partial charge >= 0.3 is 12.0 Å². The maximum atomic E-state index is 12.2. The van der Waals surface area contributed by atoms with Gasteiger partial charge in [-0.2, -0.15) is 11.8 Å². The van der Waals surface area contributed by atoms with Crippen LogP contribution in [0.2, 0.25) is 0 Å². The minimum absolute atomic E-state index is 0.351. The van der Waals surface area contributed by atoms with Gasteiger partial charge < -0.3 is 25.8 Å². The maximum absolute atomic E-state index is 12.2. The van der Waals surface area contributed by atoms with Crippen molar-refractivity contribution in [1.82, 2.24) is 5.32 Å². The fraction of sp³-hybridized carbons (Fsp3) is 0.438. The van der Waals surface area contributed by atoms with Gasteiger partial charge in [0, 0.05) is 0 Å². The van der Waals surface area contributed by atoms with Crippen molar-refractivity contribution in [2.75, 3.05) is 24.4 Å². The summed E-state index contributed by atoms with van der Waals surface area (Å²) >= 11 is 1.51. The second-order valence-corrected chi connectivity index (χ2v) is 6.10. The van der Waals surface area contributed by atoms with E-state index >= 15 is 0 Å². The van der Waals surface area contributed by atoms with Gasteiger partial charge in [0.05, 0.1) is 12.8 Å². The van der Waals surface area contributed by atoms with E-state index in [0.717, 1.165) is 0 Å². The van der Waals surface area contributed by atoms with Gasteiger partial charge in [0.15, 0.2) is 6.10 Å². The molecule has 2 atom stereocenters. The van der Waals surface area contributed by atoms with Crippen molar-refractivity contribution in [3.05, 3.63) is 24.3 Å². The summed E-state index contributed by atoms with van der Waals surface area (Å²) in [5.41, 5.74) is 5.53. The van der Waals surface area contributed by atoms with E-state index in [2.05, 4.69) is 10.6 Å². The minimum atomic E-state index is -1.05. The number of esters is 1. The molecule has 8 nitrogen and oxygen atoms in total. The van der Waals surface area contributed by atoms with Gasteiger partial charge in [0.2, 0.25) is 0 Å². The number of hydrogen-bond donors (Lipinski definition) is 3. The maximum Gasteiger partial charge on any atom is 0.329 e. The highest BCUT2D eigenvalue weighted by Gasteiger charge is 2.26. The zero-order valence-electron chi connectivity index (χ0n) is 14.4. The van der Waals surface area contributed by atoms with Crippen LogP contribution in [-0.4, -0.2) is 49.2 Å². The van der Waals surface area contributed by atoms with Gasteiger partial charge in [-0.3, -0.25) is 4.79 Å². The second-order valence-electron chi connectivity index (χ2n) is 5.11. The van der Waals surface area contributed by atoms with Crippen molar-refractivity contribution in [2.24, 2.45) is 5.73 Å². The zero-order valence-corrected chi connectivity index (χ0v) is 15.2. The first-order valence-electron chi connectivity index (χ1n) is 7.58. The van der Waals surface area contributed by atoms with Crippen LogP contribution < -0.4 is 21.1 Å². The van der Waals surface area contributed by atoms with Gasteiger partial charge in [-0.15, -0.1) is 0 Å². The average Bonchev–Trinajstić information content (AvgIpc) is 2.58. The highest BCUT2D eigenvalue weighted by atomic mass is 32.2. The van der Waals surface area contributed by atoms with Crippen LogP contribution in [0.25, 0.3) is 0 Å². The van der Waals surface area contributed by atoms with Crippen LogP contribution in [0.4, 0.5) is 10.5 Å². The standard InChI is InChI=1S/C16H23N3O5S/c1-10(14(20)18-11-6-4-5-7-13(11)23-2)24-15(21)12(8-9-25-3)19-16(17)22/h4-7,10,12H,8-9H2,1-3H3,(H,18,20)(H3,17,19,22)/t10-,12-/m1/s1. The molecule has 0 radical (unpaired) electrons. The van der Waals surface area contributed by atoms with E-state index in [9.17, 15) is 14.4 Å². The van der Waals surface area contributed by atoms with E-state index in [-0.39, 0.29) is 0 Å². The summed E-state index contributed by atoms with van der Waals surface area (Å²) in [5.74, 6) is -0.111. The Morgan fingerprint density at radius 1 is 1.28 bits per heavy atom. The van der Waals surface area contributed by atoms with Crippen LogP contribution in [0.15, 0.2) is 24.3 Å². The van der Waals surface area contributed by atoms with E-state index in [1.165, 1.54) is 25.8 Å². The largest absolute Gasteiger partial charge is 0.495 e. The van der Waals surface area contributed by atoms with Crippen molar-refractivity contribution in [3.63, 3.8) is 0 Å². The predicted octanol–water partition coefficient (Wildman–Crippen LogP) is 1.36. The molecule has 1 aromatic rings. The van der Waals surface area contributed by atoms with Gasteiger partial charge in [0.25, 0.3) is 5.91 Å². The molecule has 0 aliphatic rings. The van der Waals surface area contributed by atoms with Crippen LogP contribution >= 0.6 is 11.8 Å². The molecule has 0 saturated carbocycles. The van der Waals surface area contributed by atoms with Crippen molar-refractivity contribution in [3.8, 4) is 5.75 Å². The van der Waals surface area contributed by atoms with E-state index in [4.69, 9.17) is 15.2 Å². The molecule has 0 bridgehead atoms.